The van der Waals surface area contributed by atoms with Crippen LogP contribution in [0.5, 0.6) is 17.2 Å². The summed E-state index contributed by atoms with van der Waals surface area (Å²) in [5.41, 5.74) is 2.38. The lowest BCUT2D eigenvalue weighted by Gasteiger charge is -2.34. The predicted molar refractivity (Wildman–Crippen MR) is 96.0 cm³/mol. The normalized spacial score (nSPS) is 15.9. The van der Waals surface area contributed by atoms with Gasteiger partial charge in [-0.05, 0) is 35.4 Å². The summed E-state index contributed by atoms with van der Waals surface area (Å²) in [5, 5.41) is 10.0. The van der Waals surface area contributed by atoms with Crippen LogP contribution < -0.4 is 9.47 Å². The molecule has 2 aromatic rings. The third-order valence-corrected chi connectivity index (χ3v) is 4.57. The van der Waals surface area contributed by atoms with Crippen molar-refractivity contribution in [1.82, 2.24) is 14.8 Å². The summed E-state index contributed by atoms with van der Waals surface area (Å²) in [4.78, 5) is 8.94. The van der Waals surface area contributed by atoms with Crippen LogP contribution in [0, 0.1) is 0 Å². The third kappa shape index (κ3) is 4.41. The zero-order valence-corrected chi connectivity index (χ0v) is 14.8. The first-order valence-corrected chi connectivity index (χ1v) is 8.47. The van der Waals surface area contributed by atoms with Crippen LogP contribution in [-0.4, -0.2) is 60.3 Å². The van der Waals surface area contributed by atoms with Gasteiger partial charge >= 0.3 is 0 Å². The number of hydrogen-bond acceptors (Lipinski definition) is 6. The van der Waals surface area contributed by atoms with E-state index < -0.39 is 0 Å². The molecule has 1 aliphatic heterocycles. The molecule has 0 atom stereocenters. The Morgan fingerprint density at radius 3 is 1.84 bits per heavy atom. The highest BCUT2D eigenvalue weighted by atomic mass is 16.5. The Morgan fingerprint density at radius 2 is 1.36 bits per heavy atom. The second-order valence-electron chi connectivity index (χ2n) is 6.26. The number of rotatable bonds is 6. The number of nitrogens with zero attached hydrogens (tertiary/aromatic N) is 3. The highest BCUT2D eigenvalue weighted by molar-refractivity contribution is 5.52. The maximum atomic E-state index is 10.0. The Labute approximate surface area is 148 Å². The molecule has 0 radical (unpaired) electrons. The Hall–Kier alpha value is -2.31. The molecule has 1 N–H and O–H groups in total. The van der Waals surface area contributed by atoms with E-state index in [1.807, 2.05) is 24.5 Å². The van der Waals surface area contributed by atoms with Crippen molar-refractivity contribution in [3.8, 4) is 17.2 Å². The molecule has 1 aromatic heterocycles. The molecule has 2 heterocycles. The minimum Gasteiger partial charge on any atom is -0.502 e. The molecule has 134 valence electrons. The molecule has 1 saturated heterocycles. The lowest BCUT2D eigenvalue weighted by atomic mass is 10.1. The third-order valence-electron chi connectivity index (χ3n) is 4.57. The topological polar surface area (TPSA) is 58.1 Å². The van der Waals surface area contributed by atoms with Gasteiger partial charge in [-0.2, -0.15) is 0 Å². The second kappa shape index (κ2) is 8.18. The monoisotopic (exact) mass is 343 g/mol. The Bertz CT molecular complexity index is 661. The Kier molecular flexibility index (Phi) is 5.73. The lowest BCUT2D eigenvalue weighted by Crippen LogP contribution is -2.45. The second-order valence-corrected chi connectivity index (χ2v) is 6.26. The SMILES string of the molecule is COc1cc(CN2CCN(Cc3ccncc3)CC2)cc(OC)c1O. The summed E-state index contributed by atoms with van der Waals surface area (Å²) in [6.45, 7) is 5.88. The van der Waals surface area contributed by atoms with Gasteiger partial charge in [0.1, 0.15) is 0 Å². The minimum atomic E-state index is 0.0518. The number of ether oxygens (including phenoxy) is 2. The molecule has 1 fully saturated rings. The summed E-state index contributed by atoms with van der Waals surface area (Å²) in [5.74, 6) is 0.951. The van der Waals surface area contributed by atoms with Gasteiger partial charge < -0.3 is 14.6 Å². The molecule has 0 saturated carbocycles. The van der Waals surface area contributed by atoms with E-state index in [9.17, 15) is 5.11 Å². The van der Waals surface area contributed by atoms with E-state index in [1.54, 1.807) is 14.2 Å². The quantitative estimate of drug-likeness (QED) is 0.867. The molecule has 0 spiro atoms. The molecule has 6 nitrogen and oxygen atoms in total. The molecular formula is C19H25N3O3. The molecular weight excluding hydrogens is 318 g/mol. The lowest BCUT2D eigenvalue weighted by molar-refractivity contribution is 0.122. The van der Waals surface area contributed by atoms with Gasteiger partial charge in [0.15, 0.2) is 11.5 Å². The van der Waals surface area contributed by atoms with Crippen molar-refractivity contribution in [2.24, 2.45) is 0 Å². The number of phenolic OH excluding ortho intramolecular Hbond substituents is 1. The van der Waals surface area contributed by atoms with Gasteiger partial charge in [0.25, 0.3) is 0 Å². The fourth-order valence-corrected chi connectivity index (χ4v) is 3.15. The number of aromatic hydroxyl groups is 1. The standard InChI is InChI=1S/C19H25N3O3/c1-24-17-11-16(12-18(25-2)19(17)23)14-22-9-7-21(8-10-22)13-15-3-5-20-6-4-15/h3-6,11-12,23H,7-10,13-14H2,1-2H3. The van der Waals surface area contributed by atoms with Crippen LogP contribution in [0.4, 0.5) is 0 Å². The fourth-order valence-electron chi connectivity index (χ4n) is 3.15. The van der Waals surface area contributed by atoms with Crippen molar-refractivity contribution in [3.05, 3.63) is 47.8 Å². The van der Waals surface area contributed by atoms with Gasteiger partial charge in [-0.15, -0.1) is 0 Å². The fraction of sp³-hybridized carbons (Fsp3) is 0.421. The van der Waals surface area contributed by atoms with Gasteiger partial charge in [-0.3, -0.25) is 14.8 Å². The minimum absolute atomic E-state index is 0.0518. The van der Waals surface area contributed by atoms with Crippen LogP contribution in [0.25, 0.3) is 0 Å². The largest absolute Gasteiger partial charge is 0.502 e. The van der Waals surface area contributed by atoms with Gasteiger partial charge in [0.2, 0.25) is 5.75 Å². The van der Waals surface area contributed by atoms with E-state index in [0.29, 0.717) is 11.5 Å². The van der Waals surface area contributed by atoms with Crippen molar-refractivity contribution >= 4 is 0 Å². The van der Waals surface area contributed by atoms with Crippen LogP contribution in [0.15, 0.2) is 36.7 Å². The summed E-state index contributed by atoms with van der Waals surface area (Å²) >= 11 is 0. The van der Waals surface area contributed by atoms with Gasteiger partial charge in [0, 0.05) is 51.7 Å². The van der Waals surface area contributed by atoms with E-state index >= 15 is 0 Å². The van der Waals surface area contributed by atoms with Crippen molar-refractivity contribution in [2.45, 2.75) is 13.1 Å². The average molecular weight is 343 g/mol. The summed E-state index contributed by atoms with van der Waals surface area (Å²) in [6.07, 6.45) is 3.69. The molecule has 6 heteroatoms. The van der Waals surface area contributed by atoms with E-state index in [1.165, 1.54) is 5.56 Å². The smallest absolute Gasteiger partial charge is 0.200 e. The van der Waals surface area contributed by atoms with E-state index in [2.05, 4.69) is 26.9 Å². The van der Waals surface area contributed by atoms with Crippen LogP contribution >= 0.6 is 0 Å². The number of benzene rings is 1. The van der Waals surface area contributed by atoms with Crippen molar-refractivity contribution in [3.63, 3.8) is 0 Å². The number of hydrogen-bond donors (Lipinski definition) is 1. The van der Waals surface area contributed by atoms with Crippen LogP contribution in [0.1, 0.15) is 11.1 Å². The Morgan fingerprint density at radius 1 is 0.880 bits per heavy atom. The zero-order chi connectivity index (χ0) is 17.6. The van der Waals surface area contributed by atoms with Crippen molar-refractivity contribution < 1.29 is 14.6 Å². The molecule has 25 heavy (non-hydrogen) atoms. The average Bonchev–Trinajstić information content (AvgIpc) is 2.65. The highest BCUT2D eigenvalue weighted by Gasteiger charge is 2.19. The zero-order valence-electron chi connectivity index (χ0n) is 14.8. The maximum absolute atomic E-state index is 10.0. The summed E-state index contributed by atoms with van der Waals surface area (Å²) < 4.78 is 10.5. The molecule has 3 rings (SSSR count). The van der Waals surface area contributed by atoms with E-state index in [4.69, 9.17) is 9.47 Å². The number of phenols is 1. The maximum Gasteiger partial charge on any atom is 0.200 e. The molecule has 0 amide bonds. The first kappa shape index (κ1) is 17.5. The summed E-state index contributed by atoms with van der Waals surface area (Å²) in [7, 11) is 3.10. The first-order valence-electron chi connectivity index (χ1n) is 8.47. The Balaban J connectivity index is 1.57. The molecule has 0 aliphatic carbocycles. The van der Waals surface area contributed by atoms with E-state index in [-0.39, 0.29) is 5.75 Å². The number of pyridine rings is 1. The number of aromatic nitrogens is 1. The number of methoxy groups -OCH3 is 2. The van der Waals surface area contributed by atoms with Crippen LogP contribution in [0.3, 0.4) is 0 Å². The molecule has 0 unspecified atom stereocenters. The first-order chi connectivity index (χ1) is 12.2. The highest BCUT2D eigenvalue weighted by Crippen LogP contribution is 2.37. The number of piperazine rings is 1. The van der Waals surface area contributed by atoms with E-state index in [0.717, 1.165) is 44.8 Å². The van der Waals surface area contributed by atoms with Gasteiger partial charge in [0.05, 0.1) is 14.2 Å². The van der Waals surface area contributed by atoms with Crippen molar-refractivity contribution in [1.29, 1.82) is 0 Å². The summed E-state index contributed by atoms with van der Waals surface area (Å²) in [6, 6.07) is 7.89. The van der Waals surface area contributed by atoms with Gasteiger partial charge in [-0.25, -0.2) is 0 Å². The van der Waals surface area contributed by atoms with Crippen LogP contribution in [0.2, 0.25) is 0 Å². The molecule has 1 aromatic carbocycles. The van der Waals surface area contributed by atoms with Crippen molar-refractivity contribution in [2.75, 3.05) is 40.4 Å². The molecule has 0 bridgehead atoms. The predicted octanol–water partition coefficient (Wildman–Crippen LogP) is 2.12. The van der Waals surface area contributed by atoms with Gasteiger partial charge in [-0.1, -0.05) is 0 Å². The van der Waals surface area contributed by atoms with Crippen LogP contribution in [-0.2, 0) is 13.1 Å². The molecule has 1 aliphatic rings.